The molecule has 0 unspecified atom stereocenters. The van der Waals surface area contributed by atoms with E-state index >= 15 is 0 Å². The second-order valence-corrected chi connectivity index (χ2v) is 9.73. The van der Waals surface area contributed by atoms with E-state index in [9.17, 15) is 4.79 Å². The van der Waals surface area contributed by atoms with E-state index < -0.39 is 0 Å². The van der Waals surface area contributed by atoms with Crippen molar-refractivity contribution in [2.75, 3.05) is 40.1 Å². The Hall–Kier alpha value is -3.20. The zero-order valence-corrected chi connectivity index (χ0v) is 20.4. The van der Waals surface area contributed by atoms with Crippen LogP contribution in [0.2, 0.25) is 0 Å². The lowest BCUT2D eigenvalue weighted by atomic mass is 9.85. The first-order valence-electron chi connectivity index (χ1n) is 12.0. The quantitative estimate of drug-likeness (QED) is 0.620. The first kappa shape index (κ1) is 22.6. The van der Waals surface area contributed by atoms with Crippen molar-refractivity contribution in [3.63, 3.8) is 0 Å². The first-order chi connectivity index (χ1) is 16.4. The fourth-order valence-electron chi connectivity index (χ4n) is 5.21. The Morgan fingerprint density at radius 3 is 2.68 bits per heavy atom. The lowest BCUT2D eigenvalue weighted by Gasteiger charge is -2.29. The monoisotopic (exact) mass is 463 g/mol. The van der Waals surface area contributed by atoms with Crippen LogP contribution in [-0.2, 0) is 17.8 Å². The Kier molecular flexibility index (Phi) is 6.12. The lowest BCUT2D eigenvalue weighted by Crippen LogP contribution is -2.32. The number of rotatable bonds is 5. The van der Waals surface area contributed by atoms with Crippen LogP contribution in [-0.4, -0.2) is 70.3 Å². The van der Waals surface area contributed by atoms with E-state index in [1.54, 1.807) is 12.0 Å². The van der Waals surface area contributed by atoms with E-state index in [2.05, 4.69) is 39.5 Å². The van der Waals surface area contributed by atoms with E-state index in [4.69, 9.17) is 9.72 Å². The van der Waals surface area contributed by atoms with Crippen LogP contribution in [0.4, 0.5) is 11.6 Å². The molecular weight excluding hydrogens is 430 g/mol. The van der Waals surface area contributed by atoms with Gasteiger partial charge in [0.15, 0.2) is 5.65 Å². The number of hydrogen-bond donors (Lipinski definition) is 1. The van der Waals surface area contributed by atoms with E-state index in [1.165, 1.54) is 11.1 Å². The zero-order valence-electron chi connectivity index (χ0n) is 20.4. The standard InChI is InChI=1S/C25H33N7O2/c1-30(2)24(33)16-5-7-20(8-6-16)32-23-19(14-27-32)13-26-25(29-23)28-21-11-18-15-31(3)10-9-17(18)12-22(21)34-4/h11-14,16,20H,5-10,15H2,1-4H3,(H,26,28,29)/t16-,20-. The summed E-state index contributed by atoms with van der Waals surface area (Å²) >= 11 is 0. The number of carbonyl (C=O) groups excluding carboxylic acids is 1. The van der Waals surface area contributed by atoms with Crippen molar-refractivity contribution in [2.45, 2.75) is 44.7 Å². The molecule has 0 bridgehead atoms. The number of anilines is 2. The Morgan fingerprint density at radius 2 is 1.94 bits per heavy atom. The maximum absolute atomic E-state index is 12.3. The normalized spacial score (nSPS) is 20.7. The van der Waals surface area contributed by atoms with Gasteiger partial charge in [0.05, 0.1) is 30.4 Å². The van der Waals surface area contributed by atoms with Crippen molar-refractivity contribution in [3.05, 3.63) is 35.7 Å². The molecule has 34 heavy (non-hydrogen) atoms. The van der Waals surface area contributed by atoms with Gasteiger partial charge in [-0.05, 0) is 62.4 Å². The van der Waals surface area contributed by atoms with Gasteiger partial charge in [0, 0.05) is 39.3 Å². The minimum atomic E-state index is 0.107. The van der Waals surface area contributed by atoms with E-state index in [0.717, 1.165) is 67.7 Å². The number of aromatic nitrogens is 4. The number of amides is 1. The van der Waals surface area contributed by atoms with Crippen molar-refractivity contribution >= 4 is 28.6 Å². The Labute approximate surface area is 200 Å². The van der Waals surface area contributed by atoms with Gasteiger partial charge >= 0.3 is 0 Å². The van der Waals surface area contributed by atoms with Gasteiger partial charge in [-0.1, -0.05) is 0 Å². The van der Waals surface area contributed by atoms with E-state index in [0.29, 0.717) is 5.95 Å². The van der Waals surface area contributed by atoms with Gasteiger partial charge in [0.25, 0.3) is 0 Å². The van der Waals surface area contributed by atoms with Crippen molar-refractivity contribution in [1.29, 1.82) is 0 Å². The number of carbonyl (C=O) groups is 1. The number of methoxy groups -OCH3 is 1. The molecule has 0 spiro atoms. The highest BCUT2D eigenvalue weighted by atomic mass is 16.5. The summed E-state index contributed by atoms with van der Waals surface area (Å²) in [5.74, 6) is 1.65. The fourth-order valence-corrected chi connectivity index (χ4v) is 5.21. The third-order valence-corrected chi connectivity index (χ3v) is 7.14. The molecule has 9 nitrogen and oxygen atoms in total. The molecule has 180 valence electrons. The molecule has 2 aromatic heterocycles. The van der Waals surface area contributed by atoms with E-state index in [1.807, 2.05) is 31.2 Å². The number of ether oxygens (including phenoxy) is 1. The zero-order chi connectivity index (χ0) is 23.8. The predicted molar refractivity (Wildman–Crippen MR) is 131 cm³/mol. The molecular formula is C25H33N7O2. The largest absolute Gasteiger partial charge is 0.495 e. The van der Waals surface area contributed by atoms with Crippen molar-refractivity contribution in [1.82, 2.24) is 29.5 Å². The van der Waals surface area contributed by atoms with Gasteiger partial charge in [-0.25, -0.2) is 9.67 Å². The maximum Gasteiger partial charge on any atom is 0.229 e. The van der Waals surface area contributed by atoms with Crippen molar-refractivity contribution in [3.8, 4) is 5.75 Å². The van der Waals surface area contributed by atoms with Gasteiger partial charge in [-0.15, -0.1) is 0 Å². The van der Waals surface area contributed by atoms with Crippen molar-refractivity contribution < 1.29 is 9.53 Å². The molecule has 1 aromatic carbocycles. The summed E-state index contributed by atoms with van der Waals surface area (Å²) in [4.78, 5) is 25.7. The highest BCUT2D eigenvalue weighted by Crippen LogP contribution is 2.35. The summed E-state index contributed by atoms with van der Waals surface area (Å²) in [7, 11) is 7.49. The van der Waals surface area contributed by atoms with Crippen LogP contribution < -0.4 is 10.1 Å². The average molecular weight is 464 g/mol. The molecule has 9 heteroatoms. The number of fused-ring (bicyclic) bond motifs is 2. The van der Waals surface area contributed by atoms with Crippen LogP contribution >= 0.6 is 0 Å². The summed E-state index contributed by atoms with van der Waals surface area (Å²) in [6.45, 7) is 1.97. The molecule has 1 amide bonds. The van der Waals surface area contributed by atoms with Gasteiger partial charge < -0.3 is 19.9 Å². The second-order valence-electron chi connectivity index (χ2n) is 9.73. The average Bonchev–Trinajstić information content (AvgIpc) is 3.26. The van der Waals surface area contributed by atoms with Gasteiger partial charge in [-0.3, -0.25) is 4.79 Å². The Bertz CT molecular complexity index is 1200. The van der Waals surface area contributed by atoms with E-state index in [-0.39, 0.29) is 17.9 Å². The smallest absolute Gasteiger partial charge is 0.229 e. The first-order valence-corrected chi connectivity index (χ1v) is 12.0. The summed E-state index contributed by atoms with van der Waals surface area (Å²) in [5, 5.41) is 8.92. The van der Waals surface area contributed by atoms with Crippen LogP contribution in [0.3, 0.4) is 0 Å². The second kappa shape index (κ2) is 9.21. The molecule has 0 atom stereocenters. The number of hydrogen-bond acceptors (Lipinski definition) is 7. The number of likely N-dealkylation sites (N-methyl/N-ethyl adjacent to an activating group) is 1. The molecule has 1 aliphatic heterocycles. The molecule has 1 fully saturated rings. The molecule has 3 aromatic rings. The van der Waals surface area contributed by atoms with Crippen LogP contribution in [0.15, 0.2) is 24.5 Å². The third-order valence-electron chi connectivity index (χ3n) is 7.14. The predicted octanol–water partition coefficient (Wildman–Crippen LogP) is 3.39. The maximum atomic E-state index is 12.3. The number of benzene rings is 1. The lowest BCUT2D eigenvalue weighted by molar-refractivity contribution is -0.134. The minimum absolute atomic E-state index is 0.107. The SMILES string of the molecule is COc1cc2c(cc1Nc1ncc3cnn([C@H]4CC[C@H](C(=O)N(C)C)CC4)c3n1)CN(C)CC2. The third kappa shape index (κ3) is 4.32. The molecule has 2 aliphatic rings. The van der Waals surface area contributed by atoms with Crippen LogP contribution in [0.1, 0.15) is 42.9 Å². The molecule has 1 N–H and O–H groups in total. The molecule has 1 saturated carbocycles. The summed E-state index contributed by atoms with van der Waals surface area (Å²) in [6, 6.07) is 4.51. The van der Waals surface area contributed by atoms with Crippen LogP contribution in [0.25, 0.3) is 11.0 Å². The summed E-state index contributed by atoms with van der Waals surface area (Å²) < 4.78 is 7.68. The van der Waals surface area contributed by atoms with Crippen LogP contribution in [0, 0.1) is 5.92 Å². The highest BCUT2D eigenvalue weighted by molar-refractivity contribution is 5.78. The van der Waals surface area contributed by atoms with Gasteiger partial charge in [0.1, 0.15) is 5.75 Å². The topological polar surface area (TPSA) is 88.4 Å². The van der Waals surface area contributed by atoms with Crippen LogP contribution in [0.5, 0.6) is 5.75 Å². The molecule has 1 aliphatic carbocycles. The minimum Gasteiger partial charge on any atom is -0.495 e. The van der Waals surface area contributed by atoms with Gasteiger partial charge in [-0.2, -0.15) is 10.1 Å². The number of nitrogens with one attached hydrogen (secondary N) is 1. The molecule has 0 saturated heterocycles. The number of nitrogens with zero attached hydrogens (tertiary/aromatic N) is 6. The summed E-state index contributed by atoms with van der Waals surface area (Å²) in [6.07, 6.45) is 8.24. The van der Waals surface area contributed by atoms with Crippen molar-refractivity contribution in [2.24, 2.45) is 5.92 Å². The Morgan fingerprint density at radius 1 is 1.15 bits per heavy atom. The molecule has 0 radical (unpaired) electrons. The molecule has 5 rings (SSSR count). The highest BCUT2D eigenvalue weighted by Gasteiger charge is 2.29. The summed E-state index contributed by atoms with van der Waals surface area (Å²) in [5.41, 5.74) is 4.31. The fraction of sp³-hybridized carbons (Fsp3) is 0.520. The Balaban J connectivity index is 1.38. The molecule has 3 heterocycles. The van der Waals surface area contributed by atoms with Gasteiger partial charge in [0.2, 0.25) is 11.9 Å².